The first-order chi connectivity index (χ1) is 13.2. The van der Waals surface area contributed by atoms with Crippen molar-refractivity contribution in [1.29, 1.82) is 0 Å². The molecule has 2 aliphatic heterocycles. The normalized spacial score (nSPS) is 21.0. The number of thioether (sulfide) groups is 1. The summed E-state index contributed by atoms with van der Waals surface area (Å²) in [5, 5.41) is 7.20. The van der Waals surface area contributed by atoms with Crippen LogP contribution in [0.2, 0.25) is 0 Å². The molecule has 3 heterocycles. The van der Waals surface area contributed by atoms with Gasteiger partial charge < -0.3 is 15.4 Å². The molecule has 3 rings (SSSR count). The number of rotatable bonds is 6. The largest absolute Gasteiger partial charge is 0.381 e. The Morgan fingerprint density at radius 2 is 2.07 bits per heavy atom. The van der Waals surface area contributed by atoms with E-state index in [2.05, 4.69) is 43.9 Å². The van der Waals surface area contributed by atoms with E-state index in [1.54, 1.807) is 0 Å². The minimum atomic E-state index is 0. The summed E-state index contributed by atoms with van der Waals surface area (Å²) in [4.78, 5) is 11.4. The molecule has 8 heteroatoms. The zero-order valence-electron chi connectivity index (χ0n) is 17.0. The Morgan fingerprint density at radius 3 is 2.68 bits per heavy atom. The fourth-order valence-corrected chi connectivity index (χ4v) is 4.58. The van der Waals surface area contributed by atoms with E-state index in [4.69, 9.17) is 4.74 Å². The monoisotopic (exact) mass is 519 g/mol. The average Bonchev–Trinajstić information content (AvgIpc) is 2.74. The summed E-state index contributed by atoms with van der Waals surface area (Å²) < 4.78 is 5.80. The number of likely N-dealkylation sites (tertiary alicyclic amines) is 1. The molecule has 2 aliphatic rings. The van der Waals surface area contributed by atoms with E-state index in [0.717, 1.165) is 76.7 Å². The highest BCUT2D eigenvalue weighted by Crippen LogP contribution is 2.32. The molecule has 1 aromatic rings. The molecule has 158 valence electrons. The molecule has 0 unspecified atom stereocenters. The summed E-state index contributed by atoms with van der Waals surface area (Å²) >= 11 is 1.96. The molecule has 2 fully saturated rings. The summed E-state index contributed by atoms with van der Waals surface area (Å²) in [5.41, 5.74) is 1.15. The first-order valence-electron chi connectivity index (χ1n) is 9.95. The number of nitrogens with one attached hydrogen (secondary N) is 2. The molecule has 0 amide bonds. The summed E-state index contributed by atoms with van der Waals surface area (Å²) in [6.45, 7) is 5.80. The Hall–Kier alpha value is -0.580. The Balaban J connectivity index is 0.00000280. The quantitative estimate of drug-likeness (QED) is 0.343. The van der Waals surface area contributed by atoms with Crippen LogP contribution in [0.1, 0.15) is 31.4 Å². The van der Waals surface area contributed by atoms with Crippen molar-refractivity contribution in [3.05, 3.63) is 30.1 Å². The first kappa shape index (κ1) is 23.7. The molecule has 28 heavy (non-hydrogen) atoms. The van der Waals surface area contributed by atoms with Gasteiger partial charge in [0.1, 0.15) is 0 Å². The minimum absolute atomic E-state index is 0. The van der Waals surface area contributed by atoms with Gasteiger partial charge in [-0.05, 0) is 44.1 Å². The maximum atomic E-state index is 5.54. The second kappa shape index (κ2) is 12.2. The maximum absolute atomic E-state index is 5.54. The lowest BCUT2D eigenvalue weighted by atomic mass is 9.99. The number of guanidine groups is 1. The molecule has 0 bridgehead atoms. The van der Waals surface area contributed by atoms with Crippen molar-refractivity contribution >= 4 is 41.7 Å². The fourth-order valence-electron chi connectivity index (χ4n) is 3.79. The predicted octanol–water partition coefficient (Wildman–Crippen LogP) is 2.74. The summed E-state index contributed by atoms with van der Waals surface area (Å²) in [7, 11) is 1.86. The molecule has 0 radical (unpaired) electrons. The standard InChI is InChI=1S/C20H33N5OS.HI/c1-21-19(23-16-20(27-2)8-13-26-14-9-20)24-17-6-11-25(12-7-17)15-18-5-3-4-10-22-18;/h3-5,10,17H,6-9,11-16H2,1-2H3,(H2,21,23,24);1H. The second-order valence-corrected chi connectivity index (χ2v) is 8.72. The van der Waals surface area contributed by atoms with Crippen LogP contribution in [0.15, 0.2) is 29.4 Å². The molecule has 6 nitrogen and oxygen atoms in total. The third kappa shape index (κ3) is 7.03. The Kier molecular flexibility index (Phi) is 10.3. The van der Waals surface area contributed by atoms with Gasteiger partial charge in [-0.1, -0.05) is 6.07 Å². The lowest BCUT2D eigenvalue weighted by Crippen LogP contribution is -2.52. The van der Waals surface area contributed by atoms with E-state index in [1.807, 2.05) is 31.1 Å². The van der Waals surface area contributed by atoms with E-state index >= 15 is 0 Å². The molecular weight excluding hydrogens is 485 g/mol. The number of aromatic nitrogens is 1. The highest BCUT2D eigenvalue weighted by Gasteiger charge is 2.32. The van der Waals surface area contributed by atoms with Crippen LogP contribution < -0.4 is 10.6 Å². The number of nitrogens with zero attached hydrogens (tertiary/aromatic N) is 3. The number of hydrogen-bond acceptors (Lipinski definition) is 5. The topological polar surface area (TPSA) is 61.8 Å². The van der Waals surface area contributed by atoms with Gasteiger partial charge in [-0.15, -0.1) is 24.0 Å². The molecule has 0 aliphatic carbocycles. The number of halogens is 1. The van der Waals surface area contributed by atoms with E-state index in [9.17, 15) is 0 Å². The maximum Gasteiger partial charge on any atom is 0.191 e. The number of piperidine rings is 1. The smallest absolute Gasteiger partial charge is 0.191 e. The van der Waals surface area contributed by atoms with Gasteiger partial charge in [0.25, 0.3) is 0 Å². The van der Waals surface area contributed by atoms with Crippen LogP contribution in [0, 0.1) is 0 Å². The Bertz CT molecular complexity index is 590. The molecule has 2 saturated heterocycles. The van der Waals surface area contributed by atoms with Crippen LogP contribution in [0.4, 0.5) is 0 Å². The lowest BCUT2D eigenvalue weighted by molar-refractivity contribution is 0.0782. The third-order valence-corrected chi connectivity index (χ3v) is 7.10. The van der Waals surface area contributed by atoms with E-state index in [1.165, 1.54) is 0 Å². The van der Waals surface area contributed by atoms with Gasteiger partial charge >= 0.3 is 0 Å². The summed E-state index contributed by atoms with van der Waals surface area (Å²) in [6, 6.07) is 6.62. The zero-order valence-corrected chi connectivity index (χ0v) is 20.2. The average molecular weight is 519 g/mol. The van der Waals surface area contributed by atoms with Crippen LogP contribution in [0.25, 0.3) is 0 Å². The predicted molar refractivity (Wildman–Crippen MR) is 129 cm³/mol. The van der Waals surface area contributed by atoms with Crippen molar-refractivity contribution in [1.82, 2.24) is 20.5 Å². The van der Waals surface area contributed by atoms with Gasteiger partial charge in [-0.2, -0.15) is 11.8 Å². The third-order valence-electron chi connectivity index (χ3n) is 5.68. The highest BCUT2D eigenvalue weighted by molar-refractivity contribution is 14.0. The van der Waals surface area contributed by atoms with E-state index in [0.29, 0.717) is 6.04 Å². The van der Waals surface area contributed by atoms with E-state index < -0.39 is 0 Å². The zero-order chi connectivity index (χ0) is 19.0. The SMILES string of the molecule is CN=C(NCC1(SC)CCOCC1)NC1CCN(Cc2ccccn2)CC1.I. The number of ether oxygens (including phenoxy) is 1. The number of aliphatic imine (C=N–C) groups is 1. The molecule has 0 saturated carbocycles. The molecule has 2 N–H and O–H groups in total. The van der Waals surface area contributed by atoms with Gasteiger partial charge in [0.2, 0.25) is 0 Å². The molecule has 0 spiro atoms. The van der Waals surface area contributed by atoms with Crippen molar-refractivity contribution in [3.8, 4) is 0 Å². The molecular formula is C20H34IN5OS. The summed E-state index contributed by atoms with van der Waals surface area (Å²) in [6.07, 6.45) is 8.55. The number of hydrogen-bond donors (Lipinski definition) is 2. The van der Waals surface area contributed by atoms with Gasteiger partial charge in [-0.25, -0.2) is 0 Å². The van der Waals surface area contributed by atoms with Crippen LogP contribution >= 0.6 is 35.7 Å². The second-order valence-electron chi connectivity index (χ2n) is 7.44. The Labute approximate surface area is 190 Å². The Morgan fingerprint density at radius 1 is 1.32 bits per heavy atom. The van der Waals surface area contributed by atoms with Crippen molar-refractivity contribution in [2.24, 2.45) is 4.99 Å². The minimum Gasteiger partial charge on any atom is -0.381 e. The van der Waals surface area contributed by atoms with Crippen molar-refractivity contribution in [3.63, 3.8) is 0 Å². The van der Waals surface area contributed by atoms with Crippen LogP contribution in [-0.2, 0) is 11.3 Å². The van der Waals surface area contributed by atoms with Gasteiger partial charge in [-0.3, -0.25) is 14.9 Å². The lowest BCUT2D eigenvalue weighted by Gasteiger charge is -2.37. The van der Waals surface area contributed by atoms with Crippen LogP contribution in [-0.4, -0.2) is 72.8 Å². The van der Waals surface area contributed by atoms with Gasteiger partial charge in [0, 0.05) is 63.4 Å². The van der Waals surface area contributed by atoms with Crippen molar-refractivity contribution in [2.45, 2.75) is 43.0 Å². The van der Waals surface area contributed by atoms with E-state index in [-0.39, 0.29) is 28.7 Å². The molecule has 1 aromatic heterocycles. The van der Waals surface area contributed by atoms with Crippen molar-refractivity contribution in [2.75, 3.05) is 46.2 Å². The van der Waals surface area contributed by atoms with Gasteiger partial charge in [0.15, 0.2) is 5.96 Å². The van der Waals surface area contributed by atoms with Crippen LogP contribution in [0.5, 0.6) is 0 Å². The highest BCUT2D eigenvalue weighted by atomic mass is 127. The van der Waals surface area contributed by atoms with Crippen LogP contribution in [0.3, 0.4) is 0 Å². The number of pyridine rings is 1. The molecule has 0 aromatic carbocycles. The van der Waals surface area contributed by atoms with Crippen molar-refractivity contribution < 1.29 is 4.74 Å². The summed E-state index contributed by atoms with van der Waals surface area (Å²) in [5.74, 6) is 0.929. The first-order valence-corrected chi connectivity index (χ1v) is 11.2. The molecule has 0 atom stereocenters. The van der Waals surface area contributed by atoms with Gasteiger partial charge in [0.05, 0.1) is 5.69 Å². The fraction of sp³-hybridized carbons (Fsp3) is 0.700.